The fraction of sp³-hybridized carbons (Fsp3) is 0.350. The number of hydrogen-bond acceptors (Lipinski definition) is 2. The van der Waals surface area contributed by atoms with Crippen LogP contribution in [0.3, 0.4) is 0 Å². The molecule has 0 atom stereocenters. The average molecular weight is 516 g/mol. The molecule has 0 radical (unpaired) electrons. The number of carbonyl (C=O) groups excluding carboxylic acids is 1. The van der Waals surface area contributed by atoms with Gasteiger partial charge in [-0.2, -0.15) is 0 Å². The van der Waals surface area contributed by atoms with Gasteiger partial charge in [0.1, 0.15) is 5.75 Å². The molecule has 0 aliphatic heterocycles. The Morgan fingerprint density at radius 3 is 2.64 bits per heavy atom. The van der Waals surface area contributed by atoms with Crippen LogP contribution >= 0.6 is 38.5 Å². The normalized spacial score (nSPS) is 10.8. The highest BCUT2D eigenvalue weighted by molar-refractivity contribution is 14.1. The first-order valence-corrected chi connectivity index (χ1v) is 10.2. The molecule has 3 nitrogen and oxygen atoms in total. The van der Waals surface area contributed by atoms with E-state index in [1.54, 1.807) is 0 Å². The maximum Gasteiger partial charge on any atom is 0.224 e. The number of benzene rings is 2. The van der Waals surface area contributed by atoms with Gasteiger partial charge in [-0.05, 0) is 99.2 Å². The number of aryl methyl sites for hydroxylation is 1. The number of nitrogens with one attached hydrogen (secondary N) is 1. The van der Waals surface area contributed by atoms with E-state index in [9.17, 15) is 4.79 Å². The molecular formula is C20H23BrINO2. The lowest BCUT2D eigenvalue weighted by Gasteiger charge is -2.12. The van der Waals surface area contributed by atoms with Crippen molar-refractivity contribution in [2.45, 2.75) is 39.5 Å². The van der Waals surface area contributed by atoms with Crippen molar-refractivity contribution in [3.8, 4) is 5.75 Å². The van der Waals surface area contributed by atoms with Crippen LogP contribution in [0.4, 0.5) is 5.69 Å². The molecule has 0 aliphatic carbocycles. The van der Waals surface area contributed by atoms with Gasteiger partial charge in [-0.3, -0.25) is 4.79 Å². The van der Waals surface area contributed by atoms with Crippen LogP contribution in [0.25, 0.3) is 0 Å². The Labute approximate surface area is 171 Å². The average Bonchev–Trinajstić information content (AvgIpc) is 2.55. The van der Waals surface area contributed by atoms with Gasteiger partial charge in [0.25, 0.3) is 0 Å². The van der Waals surface area contributed by atoms with Gasteiger partial charge in [0.15, 0.2) is 0 Å². The maximum atomic E-state index is 12.1. The molecule has 2 aromatic rings. The molecular weight excluding hydrogens is 493 g/mol. The van der Waals surface area contributed by atoms with Crippen molar-refractivity contribution in [1.82, 2.24) is 0 Å². The monoisotopic (exact) mass is 515 g/mol. The topological polar surface area (TPSA) is 38.3 Å². The lowest BCUT2D eigenvalue weighted by atomic mass is 10.0. The van der Waals surface area contributed by atoms with Crippen LogP contribution in [0.15, 0.2) is 40.9 Å². The zero-order valence-electron chi connectivity index (χ0n) is 14.7. The molecule has 25 heavy (non-hydrogen) atoms. The molecule has 2 aromatic carbocycles. The third kappa shape index (κ3) is 6.29. The summed E-state index contributed by atoms with van der Waals surface area (Å²) >= 11 is 5.81. The molecule has 0 unspecified atom stereocenters. The summed E-state index contributed by atoms with van der Waals surface area (Å²) in [6, 6.07) is 12.1. The Morgan fingerprint density at radius 2 is 2.00 bits per heavy atom. The van der Waals surface area contributed by atoms with Crippen LogP contribution in [-0.4, -0.2) is 12.5 Å². The highest BCUT2D eigenvalue weighted by Crippen LogP contribution is 2.29. The van der Waals surface area contributed by atoms with Crippen LogP contribution < -0.4 is 10.1 Å². The highest BCUT2D eigenvalue weighted by Gasteiger charge is 2.07. The molecule has 0 fully saturated rings. The van der Waals surface area contributed by atoms with E-state index in [-0.39, 0.29) is 5.91 Å². The molecule has 2 rings (SSSR count). The third-order valence-corrected chi connectivity index (χ3v) is 5.18. The smallest absolute Gasteiger partial charge is 0.224 e. The van der Waals surface area contributed by atoms with Gasteiger partial charge in [-0.25, -0.2) is 0 Å². The zero-order chi connectivity index (χ0) is 18.4. The maximum absolute atomic E-state index is 12.1. The Hall–Kier alpha value is -1.08. The van der Waals surface area contributed by atoms with Gasteiger partial charge in [-0.1, -0.05) is 19.9 Å². The Kier molecular flexibility index (Phi) is 7.75. The highest BCUT2D eigenvalue weighted by atomic mass is 127. The van der Waals surface area contributed by atoms with Gasteiger partial charge in [0.05, 0.1) is 11.1 Å². The molecule has 5 heteroatoms. The van der Waals surface area contributed by atoms with E-state index in [0.717, 1.165) is 25.0 Å². The minimum absolute atomic E-state index is 0.0159. The van der Waals surface area contributed by atoms with Gasteiger partial charge >= 0.3 is 0 Å². The van der Waals surface area contributed by atoms with Crippen LogP contribution in [0.1, 0.15) is 43.7 Å². The summed E-state index contributed by atoms with van der Waals surface area (Å²) in [5.41, 5.74) is 3.22. The standard InChI is InChI=1S/C20H23BrINO2/c1-13(2)15-6-9-19(17(21)12-15)25-10-4-5-20(24)23-18-8-7-16(22)11-14(18)3/h6-9,11-13H,4-5,10H2,1-3H3,(H,23,24). The lowest BCUT2D eigenvalue weighted by Crippen LogP contribution is -2.13. The fourth-order valence-electron chi connectivity index (χ4n) is 2.39. The number of rotatable bonds is 7. The minimum Gasteiger partial charge on any atom is -0.492 e. The quantitative estimate of drug-likeness (QED) is 0.348. The van der Waals surface area contributed by atoms with Crippen molar-refractivity contribution in [1.29, 1.82) is 0 Å². The molecule has 0 saturated carbocycles. The zero-order valence-corrected chi connectivity index (χ0v) is 18.5. The van der Waals surface area contributed by atoms with E-state index in [1.807, 2.05) is 25.1 Å². The predicted octanol–water partition coefficient (Wildman–Crippen LogP) is 6.28. The molecule has 0 bridgehead atoms. The van der Waals surface area contributed by atoms with Gasteiger partial charge < -0.3 is 10.1 Å². The molecule has 0 spiro atoms. The molecule has 0 aliphatic rings. The summed E-state index contributed by atoms with van der Waals surface area (Å²) in [4.78, 5) is 12.1. The minimum atomic E-state index is 0.0159. The van der Waals surface area contributed by atoms with E-state index in [2.05, 4.69) is 75.9 Å². The van der Waals surface area contributed by atoms with Crippen LogP contribution in [0.2, 0.25) is 0 Å². The van der Waals surface area contributed by atoms with Crippen LogP contribution in [0.5, 0.6) is 5.75 Å². The van der Waals surface area contributed by atoms with E-state index < -0.39 is 0 Å². The van der Waals surface area contributed by atoms with Crippen LogP contribution in [-0.2, 0) is 4.79 Å². The molecule has 1 N–H and O–H groups in total. The second-order valence-electron chi connectivity index (χ2n) is 6.30. The number of ether oxygens (including phenoxy) is 1. The van der Waals surface area contributed by atoms with E-state index in [1.165, 1.54) is 5.56 Å². The number of halogens is 2. The van der Waals surface area contributed by atoms with E-state index >= 15 is 0 Å². The summed E-state index contributed by atoms with van der Waals surface area (Å²) in [7, 11) is 0. The van der Waals surface area contributed by atoms with Gasteiger partial charge in [-0.15, -0.1) is 0 Å². The second kappa shape index (κ2) is 9.57. The lowest BCUT2D eigenvalue weighted by molar-refractivity contribution is -0.116. The van der Waals surface area contributed by atoms with Crippen molar-refractivity contribution in [2.24, 2.45) is 0 Å². The SMILES string of the molecule is Cc1cc(I)ccc1NC(=O)CCCOc1ccc(C(C)C)cc1Br. The van der Waals surface area contributed by atoms with E-state index in [0.29, 0.717) is 25.4 Å². The first-order chi connectivity index (χ1) is 11.9. The number of hydrogen-bond donors (Lipinski definition) is 1. The molecule has 1 amide bonds. The van der Waals surface area contributed by atoms with Crippen molar-refractivity contribution in [2.75, 3.05) is 11.9 Å². The second-order valence-corrected chi connectivity index (χ2v) is 8.40. The summed E-state index contributed by atoms with van der Waals surface area (Å²) in [6.45, 7) is 6.84. The Morgan fingerprint density at radius 1 is 1.24 bits per heavy atom. The summed E-state index contributed by atoms with van der Waals surface area (Å²) in [5.74, 6) is 1.32. The van der Waals surface area contributed by atoms with Crippen molar-refractivity contribution in [3.05, 3.63) is 55.6 Å². The summed E-state index contributed by atoms with van der Waals surface area (Å²) in [5, 5.41) is 2.96. The number of amides is 1. The van der Waals surface area contributed by atoms with Gasteiger partial charge in [0, 0.05) is 15.7 Å². The largest absolute Gasteiger partial charge is 0.492 e. The first kappa shape index (κ1) is 20.2. The van der Waals surface area contributed by atoms with E-state index in [4.69, 9.17) is 4.74 Å². The fourth-order valence-corrected chi connectivity index (χ4v) is 3.55. The van der Waals surface area contributed by atoms with Gasteiger partial charge in [0.2, 0.25) is 5.91 Å². The van der Waals surface area contributed by atoms with Crippen molar-refractivity contribution in [3.63, 3.8) is 0 Å². The van der Waals surface area contributed by atoms with Crippen molar-refractivity contribution >= 4 is 50.1 Å². The number of anilines is 1. The Bertz CT molecular complexity index is 746. The summed E-state index contributed by atoms with van der Waals surface area (Å²) < 4.78 is 7.90. The molecule has 0 aromatic heterocycles. The third-order valence-electron chi connectivity index (χ3n) is 3.89. The Balaban J connectivity index is 1.78. The number of carbonyl (C=O) groups is 1. The van der Waals surface area contributed by atoms with Crippen molar-refractivity contribution < 1.29 is 9.53 Å². The van der Waals surface area contributed by atoms with Crippen LogP contribution in [0, 0.1) is 10.5 Å². The predicted molar refractivity (Wildman–Crippen MR) is 115 cm³/mol. The molecule has 0 heterocycles. The first-order valence-electron chi connectivity index (χ1n) is 8.35. The molecule has 134 valence electrons. The molecule has 0 saturated heterocycles. The summed E-state index contributed by atoms with van der Waals surface area (Å²) in [6.07, 6.45) is 1.11.